The number of hydrogen-bond acceptors (Lipinski definition) is 3. The molecule has 0 radical (unpaired) electrons. The minimum absolute atomic E-state index is 0.0260. The van der Waals surface area contributed by atoms with Crippen LogP contribution in [-0.4, -0.2) is 37.7 Å². The Kier molecular flexibility index (Phi) is 5.60. The first kappa shape index (κ1) is 17.3. The third-order valence-electron chi connectivity index (χ3n) is 4.44. The number of rotatable bonds is 6. The van der Waals surface area contributed by atoms with Gasteiger partial charge in [-0.25, -0.2) is 4.79 Å². The van der Waals surface area contributed by atoms with Crippen molar-refractivity contribution >= 4 is 11.9 Å². The van der Waals surface area contributed by atoms with Gasteiger partial charge in [0, 0.05) is 18.5 Å². The summed E-state index contributed by atoms with van der Waals surface area (Å²) < 4.78 is 5.98. The first-order valence-corrected chi connectivity index (χ1v) is 7.84. The topological polar surface area (TPSA) is 79.5 Å². The molecule has 6 heteroatoms. The Morgan fingerprint density at radius 2 is 1.96 bits per heavy atom. The number of nitrogens with one attached hydrogen (secondary N) is 3. The SMILES string of the molecule is CNC(=O)NCC(=O)N[C@H]1C[C@H](OCc2ccccc2)C1(C)C. The number of hydrogen-bond donors (Lipinski definition) is 3. The van der Waals surface area contributed by atoms with Crippen molar-refractivity contribution in [2.45, 2.75) is 39.0 Å². The van der Waals surface area contributed by atoms with Crippen LogP contribution >= 0.6 is 0 Å². The predicted molar refractivity (Wildman–Crippen MR) is 87.8 cm³/mol. The van der Waals surface area contributed by atoms with Gasteiger partial charge in [0.2, 0.25) is 5.91 Å². The van der Waals surface area contributed by atoms with Crippen LogP contribution in [0.1, 0.15) is 25.8 Å². The fourth-order valence-corrected chi connectivity index (χ4v) is 2.68. The summed E-state index contributed by atoms with van der Waals surface area (Å²) in [6.45, 7) is 4.72. The number of carbonyl (C=O) groups excluding carboxylic acids is 2. The molecule has 1 aromatic carbocycles. The van der Waals surface area contributed by atoms with Gasteiger partial charge < -0.3 is 20.7 Å². The van der Waals surface area contributed by atoms with Gasteiger partial charge in [-0.3, -0.25) is 4.79 Å². The van der Waals surface area contributed by atoms with Crippen molar-refractivity contribution in [3.05, 3.63) is 35.9 Å². The molecule has 2 atom stereocenters. The van der Waals surface area contributed by atoms with Crippen molar-refractivity contribution in [1.29, 1.82) is 0 Å². The smallest absolute Gasteiger partial charge is 0.314 e. The number of carbonyl (C=O) groups is 2. The van der Waals surface area contributed by atoms with Gasteiger partial charge in [0.15, 0.2) is 0 Å². The lowest BCUT2D eigenvalue weighted by atomic mass is 9.64. The largest absolute Gasteiger partial charge is 0.373 e. The Morgan fingerprint density at radius 1 is 1.26 bits per heavy atom. The molecule has 0 spiro atoms. The summed E-state index contributed by atoms with van der Waals surface area (Å²) in [7, 11) is 1.51. The first-order chi connectivity index (χ1) is 10.9. The fraction of sp³-hybridized carbons (Fsp3) is 0.529. The second kappa shape index (κ2) is 7.46. The molecular formula is C17H25N3O3. The van der Waals surface area contributed by atoms with E-state index in [-0.39, 0.29) is 36.0 Å². The van der Waals surface area contributed by atoms with Crippen LogP contribution in [0.15, 0.2) is 30.3 Å². The van der Waals surface area contributed by atoms with E-state index in [2.05, 4.69) is 29.8 Å². The fourth-order valence-electron chi connectivity index (χ4n) is 2.68. The van der Waals surface area contributed by atoms with E-state index in [4.69, 9.17) is 4.74 Å². The molecule has 0 unspecified atom stereocenters. The molecule has 1 aliphatic carbocycles. The van der Waals surface area contributed by atoms with E-state index in [0.717, 1.165) is 12.0 Å². The van der Waals surface area contributed by atoms with E-state index in [1.807, 2.05) is 30.3 Å². The Hall–Kier alpha value is -2.08. The molecule has 1 aliphatic rings. The highest BCUT2D eigenvalue weighted by atomic mass is 16.5. The van der Waals surface area contributed by atoms with Crippen molar-refractivity contribution in [3.63, 3.8) is 0 Å². The molecule has 1 aromatic rings. The molecule has 0 heterocycles. The average Bonchev–Trinajstić information content (AvgIpc) is 2.56. The summed E-state index contributed by atoms with van der Waals surface area (Å²) in [4.78, 5) is 22.9. The third kappa shape index (κ3) is 4.45. The van der Waals surface area contributed by atoms with Gasteiger partial charge in [-0.05, 0) is 12.0 Å². The molecule has 0 bridgehead atoms. The molecule has 23 heavy (non-hydrogen) atoms. The van der Waals surface area contributed by atoms with Gasteiger partial charge >= 0.3 is 6.03 Å². The molecular weight excluding hydrogens is 294 g/mol. The van der Waals surface area contributed by atoms with Gasteiger partial charge in [-0.15, -0.1) is 0 Å². The predicted octanol–water partition coefficient (Wildman–Crippen LogP) is 1.42. The van der Waals surface area contributed by atoms with Gasteiger partial charge in [0.1, 0.15) is 0 Å². The molecule has 1 saturated carbocycles. The Bertz CT molecular complexity index is 545. The van der Waals surface area contributed by atoms with E-state index in [1.54, 1.807) is 0 Å². The first-order valence-electron chi connectivity index (χ1n) is 7.84. The minimum Gasteiger partial charge on any atom is -0.373 e. The van der Waals surface area contributed by atoms with Crippen LogP contribution in [0.2, 0.25) is 0 Å². The number of urea groups is 1. The summed E-state index contributed by atoms with van der Waals surface area (Å²) in [5, 5.41) is 7.84. The molecule has 3 N–H and O–H groups in total. The maximum Gasteiger partial charge on any atom is 0.314 e. The van der Waals surface area contributed by atoms with Crippen molar-refractivity contribution in [1.82, 2.24) is 16.0 Å². The molecule has 0 aromatic heterocycles. The van der Waals surface area contributed by atoms with Crippen LogP contribution in [0.5, 0.6) is 0 Å². The molecule has 0 aliphatic heterocycles. The quantitative estimate of drug-likeness (QED) is 0.742. The van der Waals surface area contributed by atoms with Gasteiger partial charge in [-0.2, -0.15) is 0 Å². The van der Waals surface area contributed by atoms with Crippen molar-refractivity contribution < 1.29 is 14.3 Å². The number of benzene rings is 1. The van der Waals surface area contributed by atoms with Crippen LogP contribution in [0, 0.1) is 5.41 Å². The summed E-state index contributed by atoms with van der Waals surface area (Å²) >= 11 is 0. The third-order valence-corrected chi connectivity index (χ3v) is 4.44. The molecule has 3 amide bonds. The maximum atomic E-state index is 11.8. The summed E-state index contributed by atoms with van der Waals surface area (Å²) in [6.07, 6.45) is 0.894. The van der Waals surface area contributed by atoms with E-state index < -0.39 is 0 Å². The van der Waals surface area contributed by atoms with Crippen LogP contribution in [0.25, 0.3) is 0 Å². The van der Waals surface area contributed by atoms with Gasteiger partial charge in [-0.1, -0.05) is 44.2 Å². The van der Waals surface area contributed by atoms with E-state index in [0.29, 0.717) is 6.61 Å². The van der Waals surface area contributed by atoms with E-state index in [9.17, 15) is 9.59 Å². The molecule has 6 nitrogen and oxygen atoms in total. The summed E-state index contributed by atoms with van der Waals surface area (Å²) in [5.74, 6) is -0.187. The summed E-state index contributed by atoms with van der Waals surface area (Å²) in [5.41, 5.74) is 1.02. The lowest BCUT2D eigenvalue weighted by Gasteiger charge is -2.51. The highest BCUT2D eigenvalue weighted by Crippen LogP contribution is 2.43. The normalized spacial score (nSPS) is 21.9. The molecule has 1 fully saturated rings. The summed E-state index contributed by atoms with van der Waals surface area (Å²) in [6, 6.07) is 9.74. The number of ether oxygens (including phenoxy) is 1. The van der Waals surface area contributed by atoms with Gasteiger partial charge in [0.05, 0.1) is 19.3 Å². The van der Waals surface area contributed by atoms with Crippen molar-refractivity contribution in [2.75, 3.05) is 13.6 Å². The van der Waals surface area contributed by atoms with E-state index >= 15 is 0 Å². The minimum atomic E-state index is -0.364. The molecule has 0 saturated heterocycles. The zero-order valence-corrected chi connectivity index (χ0v) is 13.9. The van der Waals surface area contributed by atoms with Crippen LogP contribution in [0.3, 0.4) is 0 Å². The Labute approximate surface area is 137 Å². The second-order valence-electron chi connectivity index (χ2n) is 6.40. The van der Waals surface area contributed by atoms with Crippen LogP contribution in [-0.2, 0) is 16.1 Å². The van der Waals surface area contributed by atoms with Crippen molar-refractivity contribution in [2.24, 2.45) is 5.41 Å². The highest BCUT2D eigenvalue weighted by Gasteiger charge is 2.49. The van der Waals surface area contributed by atoms with Crippen molar-refractivity contribution in [3.8, 4) is 0 Å². The maximum absolute atomic E-state index is 11.8. The standard InChI is InChI=1S/C17H25N3O3/c1-17(2)13(20-15(21)10-19-16(22)18-3)9-14(17)23-11-12-7-5-4-6-8-12/h4-8,13-14H,9-11H2,1-3H3,(H,20,21)(H2,18,19,22)/t13-,14-/m0/s1. The molecule has 2 rings (SSSR count). The zero-order chi connectivity index (χ0) is 16.9. The second-order valence-corrected chi connectivity index (χ2v) is 6.40. The van der Waals surface area contributed by atoms with E-state index in [1.165, 1.54) is 7.05 Å². The molecule has 126 valence electrons. The monoisotopic (exact) mass is 319 g/mol. The highest BCUT2D eigenvalue weighted by molar-refractivity contribution is 5.84. The lowest BCUT2D eigenvalue weighted by molar-refractivity contribution is -0.140. The zero-order valence-electron chi connectivity index (χ0n) is 13.9. The Morgan fingerprint density at radius 3 is 2.57 bits per heavy atom. The van der Waals surface area contributed by atoms with Crippen LogP contribution in [0.4, 0.5) is 4.79 Å². The Balaban J connectivity index is 1.75. The van der Waals surface area contributed by atoms with Gasteiger partial charge in [0.25, 0.3) is 0 Å². The van der Waals surface area contributed by atoms with Crippen LogP contribution < -0.4 is 16.0 Å². The number of amides is 3. The average molecular weight is 319 g/mol. The lowest BCUT2D eigenvalue weighted by Crippen LogP contribution is -2.62.